The smallest absolute Gasteiger partial charge is 0.131 e. The van der Waals surface area contributed by atoms with Gasteiger partial charge in [0, 0.05) is 43.3 Å². The van der Waals surface area contributed by atoms with Gasteiger partial charge in [-0.1, -0.05) is 61.0 Å². The molecule has 0 amide bonds. The van der Waals surface area contributed by atoms with Gasteiger partial charge in [0.15, 0.2) is 0 Å². The minimum absolute atomic E-state index is 0.0557. The highest BCUT2D eigenvalue weighted by atomic mass is 15.1. The molecule has 0 saturated carbocycles. The summed E-state index contributed by atoms with van der Waals surface area (Å²) in [5.41, 5.74) is 9.81. The predicted molar refractivity (Wildman–Crippen MR) is 146 cm³/mol. The number of aryl methyl sites for hydroxylation is 2. The second-order valence-electron chi connectivity index (χ2n) is 9.20. The first-order valence-electron chi connectivity index (χ1n) is 12.1. The van der Waals surface area contributed by atoms with Gasteiger partial charge in [-0.25, -0.2) is 0 Å². The van der Waals surface area contributed by atoms with Crippen LogP contribution < -0.4 is 10.4 Å². The molecule has 0 radical (unpaired) electrons. The molecule has 2 aromatic carbocycles. The topological polar surface area (TPSA) is 44.3 Å². The molecular formula is C31H36N4. The maximum absolute atomic E-state index is 9.77. The summed E-state index contributed by atoms with van der Waals surface area (Å²) in [6.45, 7) is 14.6. The van der Waals surface area contributed by atoms with E-state index in [0.29, 0.717) is 12.0 Å². The van der Waals surface area contributed by atoms with E-state index < -0.39 is 0 Å². The lowest BCUT2D eigenvalue weighted by atomic mass is 9.99. The van der Waals surface area contributed by atoms with Crippen LogP contribution in [0.15, 0.2) is 84.3 Å². The van der Waals surface area contributed by atoms with Gasteiger partial charge in [-0.3, -0.25) is 4.99 Å². The van der Waals surface area contributed by atoms with Gasteiger partial charge in [0.25, 0.3) is 0 Å². The molecule has 0 saturated heterocycles. The Bertz CT molecular complexity index is 1330. The number of hydrogen-bond donors (Lipinski definition) is 0. The van der Waals surface area contributed by atoms with Gasteiger partial charge in [0.1, 0.15) is 11.6 Å². The lowest BCUT2D eigenvalue weighted by Crippen LogP contribution is -2.28. The fourth-order valence-corrected chi connectivity index (χ4v) is 4.42. The van der Waals surface area contributed by atoms with E-state index in [4.69, 9.17) is 0 Å². The highest BCUT2D eigenvalue weighted by Crippen LogP contribution is 2.25. The summed E-state index contributed by atoms with van der Waals surface area (Å²) in [6.07, 6.45) is 7.48. The molecule has 35 heavy (non-hydrogen) atoms. The van der Waals surface area contributed by atoms with Gasteiger partial charge in [0.05, 0.1) is 11.6 Å². The molecule has 180 valence electrons. The first kappa shape index (κ1) is 25.8. The number of hydrogen-bond acceptors (Lipinski definition) is 3. The SMILES string of the molecule is C=CN(C=C(C)C)c1ccc(Cc2cc(C#N)cn(C(C)c3ccc(C)cc3)c2=NC)cc1CC. The van der Waals surface area contributed by atoms with Crippen LogP contribution in [0.25, 0.3) is 0 Å². The summed E-state index contributed by atoms with van der Waals surface area (Å²) >= 11 is 0. The lowest BCUT2D eigenvalue weighted by molar-refractivity contribution is 0.597. The molecule has 1 unspecified atom stereocenters. The van der Waals surface area contributed by atoms with Gasteiger partial charge < -0.3 is 9.47 Å². The Morgan fingerprint density at radius 2 is 1.86 bits per heavy atom. The van der Waals surface area contributed by atoms with Crippen molar-refractivity contribution in [3.8, 4) is 6.07 Å². The van der Waals surface area contributed by atoms with Crippen molar-refractivity contribution in [3.63, 3.8) is 0 Å². The van der Waals surface area contributed by atoms with Crippen LogP contribution in [-0.2, 0) is 12.8 Å². The zero-order valence-corrected chi connectivity index (χ0v) is 21.8. The van der Waals surface area contributed by atoms with Crippen molar-refractivity contribution in [3.05, 3.63) is 118 Å². The molecule has 4 nitrogen and oxygen atoms in total. The van der Waals surface area contributed by atoms with Crippen molar-refractivity contribution < 1.29 is 0 Å². The van der Waals surface area contributed by atoms with Gasteiger partial charge >= 0.3 is 0 Å². The van der Waals surface area contributed by atoms with E-state index in [0.717, 1.165) is 23.2 Å². The van der Waals surface area contributed by atoms with Crippen LogP contribution in [0.1, 0.15) is 67.1 Å². The minimum Gasteiger partial charge on any atom is -0.325 e. The summed E-state index contributed by atoms with van der Waals surface area (Å²) in [5.74, 6) is 0. The van der Waals surface area contributed by atoms with E-state index >= 15 is 0 Å². The molecule has 4 heteroatoms. The van der Waals surface area contributed by atoms with Crippen molar-refractivity contribution in [2.75, 3.05) is 11.9 Å². The number of nitrogens with zero attached hydrogens (tertiary/aromatic N) is 4. The first-order chi connectivity index (χ1) is 16.8. The van der Waals surface area contributed by atoms with Crippen molar-refractivity contribution in [2.24, 2.45) is 4.99 Å². The number of pyridine rings is 1. The Kier molecular flexibility index (Phi) is 8.49. The Morgan fingerprint density at radius 3 is 2.43 bits per heavy atom. The third-order valence-electron chi connectivity index (χ3n) is 6.25. The molecule has 0 aliphatic rings. The maximum Gasteiger partial charge on any atom is 0.131 e. The first-order valence-corrected chi connectivity index (χ1v) is 12.1. The quantitative estimate of drug-likeness (QED) is 0.366. The average molecular weight is 465 g/mol. The monoisotopic (exact) mass is 464 g/mol. The van der Waals surface area contributed by atoms with Crippen molar-refractivity contribution in [1.29, 1.82) is 5.26 Å². The lowest BCUT2D eigenvalue weighted by Gasteiger charge is -2.21. The Balaban J connectivity index is 2.07. The van der Waals surface area contributed by atoms with Crippen LogP contribution >= 0.6 is 0 Å². The van der Waals surface area contributed by atoms with E-state index in [1.54, 1.807) is 0 Å². The Morgan fingerprint density at radius 1 is 1.14 bits per heavy atom. The molecule has 1 heterocycles. The number of rotatable bonds is 8. The van der Waals surface area contributed by atoms with Crippen LogP contribution in [0.5, 0.6) is 0 Å². The molecule has 0 N–H and O–H groups in total. The summed E-state index contributed by atoms with van der Waals surface area (Å²) in [5, 5.41) is 9.77. The molecule has 0 fully saturated rings. The van der Waals surface area contributed by atoms with Crippen LogP contribution in [0.4, 0.5) is 5.69 Å². The molecule has 0 aliphatic carbocycles. The molecule has 3 aromatic rings. The predicted octanol–water partition coefficient (Wildman–Crippen LogP) is 6.83. The summed E-state index contributed by atoms with van der Waals surface area (Å²) in [4.78, 5) is 6.75. The van der Waals surface area contributed by atoms with E-state index in [2.05, 4.69) is 110 Å². The number of aromatic nitrogens is 1. The van der Waals surface area contributed by atoms with E-state index in [-0.39, 0.29) is 6.04 Å². The van der Waals surface area contributed by atoms with E-state index in [1.807, 2.05) is 25.5 Å². The molecule has 0 bridgehead atoms. The maximum atomic E-state index is 9.77. The fourth-order valence-electron chi connectivity index (χ4n) is 4.42. The minimum atomic E-state index is 0.0557. The number of benzene rings is 2. The zero-order chi connectivity index (χ0) is 25.5. The van der Waals surface area contributed by atoms with Crippen LogP contribution in [0.3, 0.4) is 0 Å². The second kappa shape index (κ2) is 11.5. The number of allylic oxidation sites excluding steroid dienone is 1. The Hall–Kier alpha value is -3.84. The summed E-state index contributed by atoms with van der Waals surface area (Å²) in [6, 6.07) is 19.5. The third kappa shape index (κ3) is 6.00. The van der Waals surface area contributed by atoms with Crippen LogP contribution in [0.2, 0.25) is 0 Å². The van der Waals surface area contributed by atoms with Gasteiger partial charge in [-0.05, 0) is 62.9 Å². The number of anilines is 1. The van der Waals surface area contributed by atoms with Crippen molar-refractivity contribution >= 4 is 5.69 Å². The van der Waals surface area contributed by atoms with Crippen LogP contribution in [0, 0.1) is 18.3 Å². The molecule has 0 spiro atoms. The molecule has 0 aliphatic heterocycles. The Labute approximate surface area is 210 Å². The molecule has 1 aromatic heterocycles. The fraction of sp³-hybridized carbons (Fsp3) is 0.290. The van der Waals surface area contributed by atoms with E-state index in [1.165, 1.54) is 27.8 Å². The van der Waals surface area contributed by atoms with Crippen molar-refractivity contribution in [1.82, 2.24) is 4.57 Å². The second-order valence-corrected chi connectivity index (χ2v) is 9.20. The zero-order valence-electron chi connectivity index (χ0n) is 21.8. The average Bonchev–Trinajstić information content (AvgIpc) is 2.86. The van der Waals surface area contributed by atoms with Gasteiger partial charge in [0.2, 0.25) is 0 Å². The molecule has 3 rings (SSSR count). The summed E-state index contributed by atoms with van der Waals surface area (Å²) < 4.78 is 2.13. The van der Waals surface area contributed by atoms with Crippen molar-refractivity contribution in [2.45, 2.75) is 53.5 Å². The highest BCUT2D eigenvalue weighted by molar-refractivity contribution is 5.59. The molecule has 1 atom stereocenters. The van der Waals surface area contributed by atoms with Gasteiger partial charge in [-0.15, -0.1) is 0 Å². The standard InChI is InChI=1S/C31H36N4/c1-8-27-16-25(12-15-30(27)34(9-2)20-22(3)4)17-29-18-26(19-32)21-35(31(29)33-7)24(6)28-13-10-23(5)11-14-28/h9-16,18,20-21,24H,2,8,17H2,1,3-7H3. The number of nitriles is 1. The van der Waals surface area contributed by atoms with E-state index in [9.17, 15) is 5.26 Å². The van der Waals surface area contributed by atoms with Crippen LogP contribution in [-0.4, -0.2) is 11.6 Å². The molecular weight excluding hydrogens is 428 g/mol. The third-order valence-corrected chi connectivity index (χ3v) is 6.25. The highest BCUT2D eigenvalue weighted by Gasteiger charge is 2.14. The van der Waals surface area contributed by atoms with Gasteiger partial charge in [-0.2, -0.15) is 5.26 Å². The normalized spacial score (nSPS) is 12.1. The largest absolute Gasteiger partial charge is 0.325 e. The summed E-state index contributed by atoms with van der Waals surface area (Å²) in [7, 11) is 1.82.